The largest absolute Gasteiger partial charge is 0.387 e. The van der Waals surface area contributed by atoms with Crippen molar-refractivity contribution in [3.05, 3.63) is 45.8 Å². The van der Waals surface area contributed by atoms with Crippen LogP contribution in [0.5, 0.6) is 0 Å². The molecule has 0 bridgehead atoms. The first-order chi connectivity index (χ1) is 8.90. The van der Waals surface area contributed by atoms with Gasteiger partial charge >= 0.3 is 5.69 Å². The maximum absolute atomic E-state index is 13.7. The van der Waals surface area contributed by atoms with Gasteiger partial charge in [0.25, 0.3) is 0 Å². The molecule has 100 valence electrons. The fraction of sp³-hybridized carbons (Fsp3) is 0.200. The Kier molecular flexibility index (Phi) is 3.21. The number of rotatable bonds is 3. The Balaban J connectivity index is 2.63. The number of nitro benzene ring substituents is 1. The quantitative estimate of drug-likeness (QED) is 0.673. The van der Waals surface area contributed by atoms with Crippen LogP contribution in [0, 0.1) is 21.7 Å². The molecule has 0 amide bonds. The van der Waals surface area contributed by atoms with Gasteiger partial charge in [-0.05, 0) is 6.92 Å². The van der Waals surface area contributed by atoms with Gasteiger partial charge in [-0.2, -0.15) is 0 Å². The predicted octanol–water partition coefficient (Wildman–Crippen LogP) is 1.51. The molecule has 0 saturated carbocycles. The number of benzene rings is 1. The Labute approximate surface area is 105 Å². The number of halogens is 2. The number of nitrogens with zero attached hydrogens (tertiary/aromatic N) is 4. The van der Waals surface area contributed by atoms with Crippen molar-refractivity contribution in [2.75, 3.05) is 0 Å². The first kappa shape index (κ1) is 13.0. The molecule has 19 heavy (non-hydrogen) atoms. The van der Waals surface area contributed by atoms with Gasteiger partial charge in [-0.3, -0.25) is 10.1 Å². The molecule has 7 nitrogen and oxygen atoms in total. The molecule has 0 aliphatic carbocycles. The van der Waals surface area contributed by atoms with Crippen molar-refractivity contribution >= 4 is 5.69 Å². The van der Waals surface area contributed by atoms with Gasteiger partial charge in [-0.25, -0.2) is 13.5 Å². The van der Waals surface area contributed by atoms with Gasteiger partial charge in [0.1, 0.15) is 11.5 Å². The van der Waals surface area contributed by atoms with E-state index in [0.29, 0.717) is 12.1 Å². The summed E-state index contributed by atoms with van der Waals surface area (Å²) in [5.74, 6) is -2.21. The minimum absolute atomic E-state index is 0.109. The highest BCUT2D eigenvalue weighted by molar-refractivity contribution is 5.53. The smallest absolute Gasteiger partial charge is 0.300 e. The molecular weight excluding hydrogens is 262 g/mol. The monoisotopic (exact) mass is 270 g/mol. The summed E-state index contributed by atoms with van der Waals surface area (Å²) in [4.78, 5) is 9.88. The molecule has 1 aromatic carbocycles. The van der Waals surface area contributed by atoms with E-state index >= 15 is 0 Å². The highest BCUT2D eigenvalue weighted by atomic mass is 19.1. The lowest BCUT2D eigenvalue weighted by molar-refractivity contribution is -0.385. The van der Waals surface area contributed by atoms with Gasteiger partial charge in [0.15, 0.2) is 11.5 Å². The summed E-state index contributed by atoms with van der Waals surface area (Å²) in [5, 5.41) is 27.1. The molecule has 2 rings (SSSR count). The molecule has 1 N–H and O–H groups in total. The van der Waals surface area contributed by atoms with Crippen LogP contribution in [0.15, 0.2) is 18.3 Å². The topological polar surface area (TPSA) is 94.1 Å². The minimum atomic E-state index is -1.14. The molecule has 1 atom stereocenters. The van der Waals surface area contributed by atoms with Gasteiger partial charge in [-0.1, -0.05) is 5.21 Å². The molecule has 0 radical (unpaired) electrons. The number of nitro groups is 1. The molecule has 0 spiro atoms. The number of aliphatic hydroxyl groups is 1. The predicted molar refractivity (Wildman–Crippen MR) is 58.6 cm³/mol. The SMILES string of the molecule is CC(O)c1cn(-c2c(F)cc(F)cc2[N+](=O)[O-])nn1. The molecule has 0 aliphatic rings. The van der Waals surface area contributed by atoms with Crippen LogP contribution in [-0.2, 0) is 0 Å². The van der Waals surface area contributed by atoms with Crippen molar-refractivity contribution in [2.45, 2.75) is 13.0 Å². The van der Waals surface area contributed by atoms with Crippen LogP contribution >= 0.6 is 0 Å². The Hall–Kier alpha value is -2.42. The molecule has 0 aliphatic heterocycles. The van der Waals surface area contributed by atoms with E-state index in [-0.39, 0.29) is 5.69 Å². The van der Waals surface area contributed by atoms with E-state index in [1.54, 1.807) is 0 Å². The van der Waals surface area contributed by atoms with Gasteiger partial charge in [-0.15, -0.1) is 5.10 Å². The normalized spacial score (nSPS) is 12.4. The standard InChI is InChI=1S/C10H8F2N4O3/c1-5(17)8-4-15(14-13-8)10-7(12)2-6(11)3-9(10)16(18)19/h2-5,17H,1H3. The number of aliphatic hydroxyl groups excluding tert-OH is 1. The van der Waals surface area contributed by atoms with Crippen LogP contribution < -0.4 is 0 Å². The number of aromatic nitrogens is 3. The van der Waals surface area contributed by atoms with Crippen molar-refractivity contribution in [3.63, 3.8) is 0 Å². The second-order valence-corrected chi connectivity index (χ2v) is 3.78. The molecule has 0 fully saturated rings. The second-order valence-electron chi connectivity index (χ2n) is 3.78. The lowest BCUT2D eigenvalue weighted by atomic mass is 10.2. The fourth-order valence-electron chi connectivity index (χ4n) is 1.50. The third-order valence-electron chi connectivity index (χ3n) is 2.37. The molecular formula is C10H8F2N4O3. The van der Waals surface area contributed by atoms with Gasteiger partial charge < -0.3 is 5.11 Å². The maximum Gasteiger partial charge on any atom is 0.300 e. The van der Waals surface area contributed by atoms with Crippen molar-refractivity contribution < 1.29 is 18.8 Å². The highest BCUT2D eigenvalue weighted by Gasteiger charge is 2.23. The summed E-state index contributed by atoms with van der Waals surface area (Å²) in [5.41, 5.74) is -1.21. The average Bonchev–Trinajstić information content (AvgIpc) is 2.76. The van der Waals surface area contributed by atoms with Crippen molar-refractivity contribution in [2.24, 2.45) is 0 Å². The van der Waals surface area contributed by atoms with E-state index in [1.165, 1.54) is 6.92 Å². The Bertz CT molecular complexity index is 642. The Morgan fingerprint density at radius 1 is 1.47 bits per heavy atom. The van der Waals surface area contributed by atoms with Gasteiger partial charge in [0.2, 0.25) is 0 Å². The maximum atomic E-state index is 13.7. The van der Waals surface area contributed by atoms with E-state index in [2.05, 4.69) is 10.3 Å². The van der Waals surface area contributed by atoms with E-state index in [4.69, 9.17) is 0 Å². The van der Waals surface area contributed by atoms with E-state index in [9.17, 15) is 24.0 Å². The zero-order chi connectivity index (χ0) is 14.2. The second kappa shape index (κ2) is 4.69. The average molecular weight is 270 g/mol. The van der Waals surface area contributed by atoms with Gasteiger partial charge in [0.05, 0.1) is 23.3 Å². The summed E-state index contributed by atoms with van der Waals surface area (Å²) in [6.45, 7) is 1.41. The zero-order valence-corrected chi connectivity index (χ0v) is 9.62. The number of hydrogen-bond donors (Lipinski definition) is 1. The summed E-state index contributed by atoms with van der Waals surface area (Å²) in [7, 11) is 0. The van der Waals surface area contributed by atoms with Gasteiger partial charge in [0, 0.05) is 6.07 Å². The molecule has 9 heteroatoms. The minimum Gasteiger partial charge on any atom is -0.387 e. The Morgan fingerprint density at radius 2 is 2.16 bits per heavy atom. The molecule has 1 aromatic heterocycles. The summed E-state index contributed by atoms with van der Waals surface area (Å²) >= 11 is 0. The van der Waals surface area contributed by atoms with Crippen LogP contribution in [0.2, 0.25) is 0 Å². The third kappa shape index (κ3) is 2.40. The van der Waals surface area contributed by atoms with Crippen LogP contribution in [0.3, 0.4) is 0 Å². The fourth-order valence-corrected chi connectivity index (χ4v) is 1.50. The molecule has 2 aromatic rings. The van der Waals surface area contributed by atoms with Crippen molar-refractivity contribution in [1.82, 2.24) is 15.0 Å². The van der Waals surface area contributed by atoms with Crippen molar-refractivity contribution in [3.8, 4) is 5.69 Å². The lowest BCUT2D eigenvalue weighted by Crippen LogP contribution is -2.05. The van der Waals surface area contributed by atoms with Crippen LogP contribution in [0.25, 0.3) is 5.69 Å². The summed E-state index contributed by atoms with van der Waals surface area (Å²) in [6, 6.07) is 1.09. The summed E-state index contributed by atoms with van der Waals surface area (Å²) in [6.07, 6.45) is 0.171. The third-order valence-corrected chi connectivity index (χ3v) is 2.37. The first-order valence-corrected chi connectivity index (χ1v) is 5.14. The Morgan fingerprint density at radius 3 is 2.68 bits per heavy atom. The summed E-state index contributed by atoms with van der Waals surface area (Å²) < 4.78 is 27.4. The highest BCUT2D eigenvalue weighted by Crippen LogP contribution is 2.27. The van der Waals surface area contributed by atoms with Crippen LogP contribution in [-0.4, -0.2) is 25.0 Å². The van der Waals surface area contributed by atoms with E-state index in [0.717, 1.165) is 10.9 Å². The number of hydrogen-bond acceptors (Lipinski definition) is 5. The van der Waals surface area contributed by atoms with E-state index < -0.39 is 34.0 Å². The zero-order valence-electron chi connectivity index (χ0n) is 9.62. The van der Waals surface area contributed by atoms with Crippen LogP contribution in [0.1, 0.15) is 18.7 Å². The molecule has 1 heterocycles. The molecule has 1 unspecified atom stereocenters. The lowest BCUT2D eigenvalue weighted by Gasteiger charge is -2.03. The van der Waals surface area contributed by atoms with E-state index in [1.807, 2.05) is 0 Å². The first-order valence-electron chi connectivity index (χ1n) is 5.14. The molecule has 0 saturated heterocycles. The van der Waals surface area contributed by atoms with Crippen molar-refractivity contribution in [1.29, 1.82) is 0 Å². The van der Waals surface area contributed by atoms with Crippen LogP contribution in [0.4, 0.5) is 14.5 Å².